The summed E-state index contributed by atoms with van der Waals surface area (Å²) in [4.78, 5) is 17.4. The molecule has 0 aliphatic carbocycles. The molecule has 78 valence electrons. The lowest BCUT2D eigenvalue weighted by molar-refractivity contribution is 0.181. The van der Waals surface area contributed by atoms with Crippen LogP contribution in [0, 0.1) is 0 Å². The van der Waals surface area contributed by atoms with Crippen molar-refractivity contribution in [2.24, 2.45) is 0 Å². The van der Waals surface area contributed by atoms with Crippen molar-refractivity contribution in [3.8, 4) is 0 Å². The van der Waals surface area contributed by atoms with E-state index >= 15 is 0 Å². The van der Waals surface area contributed by atoms with E-state index in [-0.39, 0.29) is 18.0 Å². The second kappa shape index (κ2) is 4.49. The molecule has 0 atom stereocenters. The predicted octanol–water partition coefficient (Wildman–Crippen LogP) is 1.74. The first-order valence-electron chi connectivity index (χ1n) is 3.60. The zero-order chi connectivity index (χ0) is 10.8. The number of H-pyrrole nitrogens is 1. The number of halogens is 3. The minimum atomic E-state index is -1.73. The first-order chi connectivity index (χ1) is 6.43. The molecule has 0 aromatic carbocycles. The van der Waals surface area contributed by atoms with Gasteiger partial charge >= 0.3 is 0 Å². The first kappa shape index (κ1) is 11.8. The van der Waals surface area contributed by atoms with Crippen molar-refractivity contribution in [3.63, 3.8) is 0 Å². The Kier molecular flexibility index (Phi) is 3.78. The van der Waals surface area contributed by atoms with E-state index in [1.165, 1.54) is 13.2 Å². The fourth-order valence-electron chi connectivity index (χ4n) is 0.864. The lowest BCUT2D eigenvalue weighted by atomic mass is 10.4. The standard InChI is InChI=1S/C7H7Cl3N2O2/c1-14-3-4-2-5(13)12-6(11-4)7(8,9)10/h2H,3H2,1H3,(H,11,12,13). The van der Waals surface area contributed by atoms with Crippen LogP contribution in [-0.2, 0) is 15.1 Å². The van der Waals surface area contributed by atoms with E-state index in [2.05, 4.69) is 9.97 Å². The largest absolute Gasteiger partial charge is 0.378 e. The average molecular weight is 258 g/mol. The van der Waals surface area contributed by atoms with Gasteiger partial charge in [0.1, 0.15) is 0 Å². The van der Waals surface area contributed by atoms with E-state index in [0.29, 0.717) is 5.69 Å². The summed E-state index contributed by atoms with van der Waals surface area (Å²) >= 11 is 16.7. The lowest BCUT2D eigenvalue weighted by Crippen LogP contribution is -2.18. The van der Waals surface area contributed by atoms with Crippen molar-refractivity contribution in [3.05, 3.63) is 27.9 Å². The SMILES string of the molecule is COCc1cc(=O)[nH]c(C(Cl)(Cl)Cl)n1. The number of hydrogen-bond donors (Lipinski definition) is 1. The Balaban J connectivity index is 3.14. The van der Waals surface area contributed by atoms with Gasteiger partial charge in [0, 0.05) is 13.2 Å². The molecule has 0 radical (unpaired) electrons. The Bertz CT molecular complexity index is 372. The van der Waals surface area contributed by atoms with E-state index in [0.717, 1.165) is 0 Å². The molecule has 0 fully saturated rings. The molecule has 1 aromatic heterocycles. The van der Waals surface area contributed by atoms with Crippen molar-refractivity contribution >= 4 is 34.8 Å². The number of alkyl halides is 3. The number of nitrogens with zero attached hydrogens (tertiary/aromatic N) is 1. The summed E-state index contributed by atoms with van der Waals surface area (Å²) < 4.78 is 3.07. The number of aromatic nitrogens is 2. The fourth-order valence-corrected chi connectivity index (χ4v) is 1.13. The molecule has 1 aromatic rings. The maximum absolute atomic E-state index is 11.1. The molecule has 4 nitrogen and oxygen atoms in total. The van der Waals surface area contributed by atoms with Gasteiger partial charge in [-0.15, -0.1) is 0 Å². The van der Waals surface area contributed by atoms with E-state index in [4.69, 9.17) is 39.5 Å². The van der Waals surface area contributed by atoms with Gasteiger partial charge in [-0.2, -0.15) is 0 Å². The van der Waals surface area contributed by atoms with E-state index < -0.39 is 3.79 Å². The van der Waals surface area contributed by atoms with Gasteiger partial charge in [0.25, 0.3) is 5.56 Å². The number of aromatic amines is 1. The van der Waals surface area contributed by atoms with Gasteiger partial charge < -0.3 is 9.72 Å². The van der Waals surface area contributed by atoms with Crippen molar-refractivity contribution in [1.29, 1.82) is 0 Å². The third-order valence-electron chi connectivity index (χ3n) is 1.36. The summed E-state index contributed by atoms with van der Waals surface area (Å²) in [6.45, 7) is 0.192. The van der Waals surface area contributed by atoms with Crippen molar-refractivity contribution in [2.75, 3.05) is 7.11 Å². The minimum absolute atomic E-state index is 0.0120. The number of rotatable bonds is 2. The topological polar surface area (TPSA) is 55.0 Å². The molecule has 0 aliphatic rings. The van der Waals surface area contributed by atoms with Gasteiger partial charge in [-0.25, -0.2) is 4.98 Å². The molecular formula is C7H7Cl3N2O2. The summed E-state index contributed by atoms with van der Waals surface area (Å²) in [7, 11) is 1.48. The smallest absolute Gasteiger partial charge is 0.251 e. The van der Waals surface area contributed by atoms with Crippen LogP contribution in [-0.4, -0.2) is 17.1 Å². The molecular weight excluding hydrogens is 250 g/mol. The highest BCUT2D eigenvalue weighted by atomic mass is 35.6. The summed E-state index contributed by atoms with van der Waals surface area (Å²) in [6, 6.07) is 1.28. The van der Waals surface area contributed by atoms with Crippen LogP contribution < -0.4 is 5.56 Å². The van der Waals surface area contributed by atoms with Crippen LogP contribution in [0.1, 0.15) is 11.5 Å². The number of methoxy groups -OCH3 is 1. The Morgan fingerprint density at radius 1 is 1.57 bits per heavy atom. The maximum Gasteiger partial charge on any atom is 0.251 e. The van der Waals surface area contributed by atoms with Gasteiger partial charge in [-0.05, 0) is 0 Å². The Labute approximate surface area is 95.2 Å². The Hall–Kier alpha value is -0.290. The van der Waals surface area contributed by atoms with Crippen LogP contribution in [0.5, 0.6) is 0 Å². The van der Waals surface area contributed by atoms with Crippen LogP contribution in [0.2, 0.25) is 0 Å². The molecule has 0 saturated carbocycles. The van der Waals surface area contributed by atoms with Gasteiger partial charge in [0.2, 0.25) is 3.79 Å². The third-order valence-corrected chi connectivity index (χ3v) is 1.89. The average Bonchev–Trinajstić information content (AvgIpc) is 2.02. The van der Waals surface area contributed by atoms with Crippen LogP contribution in [0.4, 0.5) is 0 Å². The van der Waals surface area contributed by atoms with Crippen molar-refractivity contribution < 1.29 is 4.74 Å². The third kappa shape index (κ3) is 3.13. The second-order valence-corrected chi connectivity index (χ2v) is 4.80. The fraction of sp³-hybridized carbons (Fsp3) is 0.429. The molecule has 14 heavy (non-hydrogen) atoms. The highest BCUT2D eigenvalue weighted by molar-refractivity contribution is 6.66. The molecule has 0 unspecified atom stereocenters. The molecule has 0 amide bonds. The van der Waals surface area contributed by atoms with E-state index in [9.17, 15) is 4.79 Å². The lowest BCUT2D eigenvalue weighted by Gasteiger charge is -2.10. The van der Waals surface area contributed by atoms with E-state index in [1.807, 2.05) is 0 Å². The Morgan fingerprint density at radius 2 is 2.21 bits per heavy atom. The summed E-state index contributed by atoms with van der Waals surface area (Å²) in [5.74, 6) is -0.0120. The zero-order valence-corrected chi connectivity index (χ0v) is 9.45. The maximum atomic E-state index is 11.1. The summed E-state index contributed by atoms with van der Waals surface area (Å²) in [5, 5.41) is 0. The molecule has 0 saturated heterocycles. The van der Waals surface area contributed by atoms with Crippen LogP contribution in [0.25, 0.3) is 0 Å². The highest BCUT2D eigenvalue weighted by Crippen LogP contribution is 2.35. The normalized spacial score (nSPS) is 11.7. The number of nitrogens with one attached hydrogen (secondary N) is 1. The first-order valence-corrected chi connectivity index (χ1v) is 4.73. The quantitative estimate of drug-likeness (QED) is 0.821. The van der Waals surface area contributed by atoms with Gasteiger partial charge in [-0.3, -0.25) is 4.79 Å². The molecule has 1 N–H and O–H groups in total. The second-order valence-electron chi connectivity index (χ2n) is 2.52. The van der Waals surface area contributed by atoms with Crippen LogP contribution >= 0.6 is 34.8 Å². The number of ether oxygens (including phenoxy) is 1. The summed E-state index contributed by atoms with van der Waals surface area (Å²) in [6.07, 6.45) is 0. The van der Waals surface area contributed by atoms with E-state index in [1.54, 1.807) is 0 Å². The minimum Gasteiger partial charge on any atom is -0.378 e. The van der Waals surface area contributed by atoms with Gasteiger partial charge in [0.15, 0.2) is 5.82 Å². The molecule has 7 heteroatoms. The van der Waals surface area contributed by atoms with Crippen molar-refractivity contribution in [2.45, 2.75) is 10.4 Å². The zero-order valence-electron chi connectivity index (χ0n) is 7.18. The Morgan fingerprint density at radius 3 is 2.71 bits per heavy atom. The van der Waals surface area contributed by atoms with Gasteiger partial charge in [0.05, 0.1) is 12.3 Å². The van der Waals surface area contributed by atoms with Crippen molar-refractivity contribution in [1.82, 2.24) is 9.97 Å². The molecule has 0 aliphatic heterocycles. The van der Waals surface area contributed by atoms with Gasteiger partial charge in [-0.1, -0.05) is 34.8 Å². The predicted molar refractivity (Wildman–Crippen MR) is 54.8 cm³/mol. The summed E-state index contributed by atoms with van der Waals surface area (Å²) in [5.41, 5.74) is 0.0333. The van der Waals surface area contributed by atoms with Crippen LogP contribution in [0.3, 0.4) is 0 Å². The highest BCUT2D eigenvalue weighted by Gasteiger charge is 2.26. The molecule has 1 rings (SSSR count). The molecule has 0 spiro atoms. The molecule has 0 bridgehead atoms. The van der Waals surface area contributed by atoms with Crippen LogP contribution in [0.15, 0.2) is 10.9 Å². The number of hydrogen-bond acceptors (Lipinski definition) is 3. The molecule has 1 heterocycles. The monoisotopic (exact) mass is 256 g/mol.